The maximum Gasteiger partial charge on any atom is 0.242 e. The number of carbonyl (C=O) groups is 2. The first-order valence-electron chi connectivity index (χ1n) is 11.2. The predicted octanol–water partition coefficient (Wildman–Crippen LogP) is 3.44. The molecular weight excluding hydrogens is 412 g/mol. The summed E-state index contributed by atoms with van der Waals surface area (Å²) in [5.41, 5.74) is 8.02. The van der Waals surface area contributed by atoms with Gasteiger partial charge in [0.1, 0.15) is 6.04 Å². The minimum absolute atomic E-state index is 0.224. The number of aromatic amines is 1. The second-order valence-corrected chi connectivity index (χ2v) is 8.99. The minimum atomic E-state index is -1.08. The number of para-hydroxylation sites is 1. The Hall–Kier alpha value is -3.64. The molecule has 0 aliphatic rings. The number of fused-ring (bicyclic) bond motifs is 2. The van der Waals surface area contributed by atoms with Gasteiger partial charge in [-0.05, 0) is 48.2 Å². The van der Waals surface area contributed by atoms with Crippen molar-refractivity contribution in [2.24, 2.45) is 5.73 Å². The van der Waals surface area contributed by atoms with Crippen molar-refractivity contribution in [2.45, 2.75) is 38.3 Å². The maximum atomic E-state index is 13.1. The van der Waals surface area contributed by atoms with Crippen molar-refractivity contribution >= 4 is 33.5 Å². The van der Waals surface area contributed by atoms with Crippen LogP contribution in [0.5, 0.6) is 0 Å². The van der Waals surface area contributed by atoms with Crippen LogP contribution in [-0.2, 0) is 22.4 Å². The van der Waals surface area contributed by atoms with Crippen LogP contribution in [0, 0.1) is 0 Å². The lowest BCUT2D eigenvalue weighted by Crippen LogP contribution is -2.56. The van der Waals surface area contributed by atoms with E-state index in [9.17, 15) is 9.59 Å². The van der Waals surface area contributed by atoms with Gasteiger partial charge >= 0.3 is 0 Å². The van der Waals surface area contributed by atoms with Gasteiger partial charge in [-0.15, -0.1) is 0 Å². The van der Waals surface area contributed by atoms with E-state index in [1.807, 2.05) is 48.7 Å². The number of H-pyrrole nitrogens is 1. The van der Waals surface area contributed by atoms with Crippen LogP contribution in [0.3, 0.4) is 0 Å². The smallest absolute Gasteiger partial charge is 0.242 e. The van der Waals surface area contributed by atoms with Gasteiger partial charge in [-0.1, -0.05) is 60.7 Å². The Bertz CT molecular complexity index is 1280. The van der Waals surface area contributed by atoms with Crippen LogP contribution in [0.4, 0.5) is 0 Å². The lowest BCUT2D eigenvalue weighted by Gasteiger charge is -2.24. The van der Waals surface area contributed by atoms with Crippen LogP contribution < -0.4 is 16.4 Å². The van der Waals surface area contributed by atoms with Crippen LogP contribution in [0.1, 0.15) is 25.0 Å². The topological polar surface area (TPSA) is 100 Å². The Morgan fingerprint density at radius 1 is 0.939 bits per heavy atom. The van der Waals surface area contributed by atoms with E-state index in [-0.39, 0.29) is 11.8 Å². The molecular formula is C27H30N4O2. The van der Waals surface area contributed by atoms with E-state index >= 15 is 0 Å². The van der Waals surface area contributed by atoms with E-state index in [4.69, 9.17) is 5.73 Å². The molecule has 1 aromatic heterocycles. The summed E-state index contributed by atoms with van der Waals surface area (Å²) in [6, 6.07) is 21.6. The second-order valence-electron chi connectivity index (χ2n) is 8.99. The highest BCUT2D eigenvalue weighted by atomic mass is 16.2. The molecule has 4 rings (SSSR count). The van der Waals surface area contributed by atoms with Crippen molar-refractivity contribution in [3.63, 3.8) is 0 Å². The van der Waals surface area contributed by atoms with Crippen LogP contribution in [0.25, 0.3) is 21.7 Å². The Balaban J connectivity index is 1.48. The summed E-state index contributed by atoms with van der Waals surface area (Å²) in [6.45, 7) is 3.73. The molecule has 0 saturated carbocycles. The Morgan fingerprint density at radius 2 is 1.64 bits per heavy atom. The number of carbonyl (C=O) groups excluding carboxylic acids is 2. The first kappa shape index (κ1) is 22.6. The largest absolute Gasteiger partial charge is 0.361 e. The molecule has 3 aromatic carbocycles. The van der Waals surface area contributed by atoms with E-state index in [1.54, 1.807) is 13.8 Å². The lowest BCUT2D eigenvalue weighted by atomic mass is 10.0. The summed E-state index contributed by atoms with van der Waals surface area (Å²) < 4.78 is 0. The molecule has 0 fully saturated rings. The number of amides is 2. The molecule has 0 spiro atoms. The zero-order chi connectivity index (χ0) is 23.4. The number of hydrogen-bond acceptors (Lipinski definition) is 3. The molecule has 1 heterocycles. The Morgan fingerprint density at radius 3 is 2.42 bits per heavy atom. The van der Waals surface area contributed by atoms with E-state index in [0.29, 0.717) is 19.4 Å². The van der Waals surface area contributed by atoms with Gasteiger partial charge in [-0.2, -0.15) is 0 Å². The SMILES string of the molecule is CC(C)(N)C(=O)N[C@H](Cc1c[nH]c2ccccc12)C(=O)NCCc1cccc2ccccc12. The molecule has 0 unspecified atom stereocenters. The van der Waals surface area contributed by atoms with Crippen molar-refractivity contribution < 1.29 is 9.59 Å². The number of rotatable bonds is 8. The van der Waals surface area contributed by atoms with Crippen molar-refractivity contribution in [3.8, 4) is 0 Å². The highest BCUT2D eigenvalue weighted by Gasteiger charge is 2.28. The van der Waals surface area contributed by atoms with Crippen molar-refractivity contribution in [1.82, 2.24) is 15.6 Å². The van der Waals surface area contributed by atoms with Crippen molar-refractivity contribution in [3.05, 3.63) is 84.1 Å². The maximum absolute atomic E-state index is 13.1. The van der Waals surface area contributed by atoms with E-state index < -0.39 is 11.6 Å². The third-order valence-electron chi connectivity index (χ3n) is 5.88. The fraction of sp³-hybridized carbons (Fsp3) is 0.259. The van der Waals surface area contributed by atoms with Crippen LogP contribution in [0.2, 0.25) is 0 Å². The van der Waals surface area contributed by atoms with E-state index in [2.05, 4.69) is 39.9 Å². The first-order chi connectivity index (χ1) is 15.8. The molecule has 4 aromatic rings. The number of nitrogens with one attached hydrogen (secondary N) is 3. The molecule has 0 saturated heterocycles. The zero-order valence-corrected chi connectivity index (χ0v) is 19.0. The van der Waals surface area contributed by atoms with Gasteiger partial charge in [-0.25, -0.2) is 0 Å². The third-order valence-corrected chi connectivity index (χ3v) is 5.88. The zero-order valence-electron chi connectivity index (χ0n) is 19.0. The van der Waals surface area contributed by atoms with E-state index in [1.165, 1.54) is 16.3 Å². The van der Waals surface area contributed by atoms with Crippen LogP contribution in [-0.4, -0.2) is 34.9 Å². The Kier molecular flexibility index (Phi) is 6.47. The average Bonchev–Trinajstić information content (AvgIpc) is 3.21. The molecule has 2 amide bonds. The summed E-state index contributed by atoms with van der Waals surface area (Å²) in [5, 5.41) is 9.25. The van der Waals surface area contributed by atoms with E-state index in [0.717, 1.165) is 16.5 Å². The molecule has 0 aliphatic heterocycles. The predicted molar refractivity (Wildman–Crippen MR) is 133 cm³/mol. The minimum Gasteiger partial charge on any atom is -0.361 e. The molecule has 170 valence electrons. The number of benzene rings is 3. The quantitative estimate of drug-likeness (QED) is 0.336. The fourth-order valence-corrected chi connectivity index (χ4v) is 4.03. The number of hydrogen-bond donors (Lipinski definition) is 4. The lowest BCUT2D eigenvalue weighted by molar-refractivity contribution is -0.131. The van der Waals surface area contributed by atoms with Crippen LogP contribution in [0.15, 0.2) is 72.9 Å². The molecule has 33 heavy (non-hydrogen) atoms. The van der Waals surface area contributed by atoms with Gasteiger partial charge < -0.3 is 21.4 Å². The molecule has 0 radical (unpaired) electrons. The highest BCUT2D eigenvalue weighted by molar-refractivity contribution is 5.92. The standard InChI is InChI=1S/C27H30N4O2/c1-27(2,28)26(33)31-24(16-20-17-30-23-13-6-5-12-22(20)23)25(32)29-15-14-19-10-7-9-18-8-3-4-11-21(18)19/h3-13,17,24,30H,14-16,28H2,1-2H3,(H,29,32)(H,31,33)/t24-/m1/s1. The first-order valence-corrected chi connectivity index (χ1v) is 11.2. The fourth-order valence-electron chi connectivity index (χ4n) is 4.03. The molecule has 1 atom stereocenters. The summed E-state index contributed by atoms with van der Waals surface area (Å²) in [4.78, 5) is 29.0. The average molecular weight is 443 g/mol. The molecule has 6 nitrogen and oxygen atoms in total. The normalized spacial score (nSPS) is 12.6. The van der Waals surface area contributed by atoms with Gasteiger partial charge in [0.25, 0.3) is 0 Å². The Labute approximate surface area is 193 Å². The van der Waals surface area contributed by atoms with Crippen molar-refractivity contribution in [1.29, 1.82) is 0 Å². The van der Waals surface area contributed by atoms with Gasteiger partial charge in [0, 0.05) is 30.1 Å². The van der Waals surface area contributed by atoms with Gasteiger partial charge in [0.2, 0.25) is 11.8 Å². The summed E-state index contributed by atoms with van der Waals surface area (Å²) >= 11 is 0. The van der Waals surface area contributed by atoms with Crippen molar-refractivity contribution in [2.75, 3.05) is 6.54 Å². The molecule has 5 N–H and O–H groups in total. The summed E-state index contributed by atoms with van der Waals surface area (Å²) in [6.07, 6.45) is 2.95. The molecule has 6 heteroatoms. The van der Waals surface area contributed by atoms with Gasteiger partial charge in [-0.3, -0.25) is 9.59 Å². The number of nitrogens with two attached hydrogens (primary N) is 1. The van der Waals surface area contributed by atoms with Gasteiger partial charge in [0.15, 0.2) is 0 Å². The number of aromatic nitrogens is 1. The summed E-state index contributed by atoms with van der Waals surface area (Å²) in [5.74, 6) is -0.588. The second kappa shape index (κ2) is 9.46. The van der Waals surface area contributed by atoms with Gasteiger partial charge in [0.05, 0.1) is 5.54 Å². The molecule has 0 bridgehead atoms. The molecule has 0 aliphatic carbocycles. The third kappa shape index (κ3) is 5.23. The monoisotopic (exact) mass is 442 g/mol. The van der Waals surface area contributed by atoms with Crippen LogP contribution >= 0.6 is 0 Å². The summed E-state index contributed by atoms with van der Waals surface area (Å²) in [7, 11) is 0. The highest BCUT2D eigenvalue weighted by Crippen LogP contribution is 2.20.